The van der Waals surface area contributed by atoms with Gasteiger partial charge in [-0.1, -0.05) is 29.3 Å². The number of para-hydroxylation sites is 1. The number of halogens is 5. The fraction of sp³-hybridized carbons (Fsp3) is 0.222. The van der Waals surface area contributed by atoms with Crippen LogP contribution in [0.3, 0.4) is 0 Å². The molecule has 0 atom stereocenters. The molecule has 0 aliphatic carbocycles. The third kappa shape index (κ3) is 6.32. The molecule has 0 aromatic heterocycles. The summed E-state index contributed by atoms with van der Waals surface area (Å²) in [5.41, 5.74) is -3.98. The highest BCUT2D eigenvalue weighted by Gasteiger charge is 2.29. The predicted octanol–water partition coefficient (Wildman–Crippen LogP) is 5.71. The first-order chi connectivity index (χ1) is 13.1. The fourth-order valence-corrected chi connectivity index (χ4v) is 3.31. The Hall–Kier alpha value is -1.90. The van der Waals surface area contributed by atoms with E-state index in [9.17, 15) is 22.8 Å². The van der Waals surface area contributed by atoms with Gasteiger partial charge in [0.1, 0.15) is 6.54 Å². The number of carbonyl (C=O) groups excluding carboxylic acids is 2. The molecule has 28 heavy (non-hydrogen) atoms. The molecule has 4 nitrogen and oxygen atoms in total. The Labute approximate surface area is 174 Å². The van der Waals surface area contributed by atoms with Gasteiger partial charge in [-0.05, 0) is 55.1 Å². The van der Waals surface area contributed by atoms with E-state index >= 15 is 0 Å². The van der Waals surface area contributed by atoms with Crippen LogP contribution >= 0.6 is 35.0 Å². The van der Waals surface area contributed by atoms with Crippen LogP contribution in [0.1, 0.15) is 17.3 Å². The molecule has 0 aliphatic rings. The van der Waals surface area contributed by atoms with Crippen LogP contribution in [0.25, 0.3) is 0 Å². The molecular weight excluding hydrogens is 436 g/mol. The number of hydrogen-bond acceptors (Lipinski definition) is 3. The molecular formula is C18H15Cl2F3N2O2S. The quantitative estimate of drug-likeness (QED) is 0.573. The number of rotatable bonds is 6. The van der Waals surface area contributed by atoms with Gasteiger partial charge < -0.3 is 10.2 Å². The number of hydrogen-bond donors (Lipinski definition) is 1. The Morgan fingerprint density at radius 3 is 2.14 bits per heavy atom. The zero-order valence-corrected chi connectivity index (χ0v) is 16.8. The summed E-state index contributed by atoms with van der Waals surface area (Å²) < 4.78 is 37.2. The average Bonchev–Trinajstić information content (AvgIpc) is 2.61. The lowest BCUT2D eigenvalue weighted by Crippen LogP contribution is -2.37. The zero-order chi connectivity index (χ0) is 20.9. The molecule has 150 valence electrons. The van der Waals surface area contributed by atoms with Crippen molar-refractivity contribution in [2.45, 2.75) is 17.3 Å². The van der Waals surface area contributed by atoms with Gasteiger partial charge in [0.15, 0.2) is 0 Å². The molecule has 2 aromatic carbocycles. The molecule has 0 aliphatic heterocycles. The number of anilines is 1. The van der Waals surface area contributed by atoms with Gasteiger partial charge in [-0.25, -0.2) is 0 Å². The molecule has 0 saturated carbocycles. The van der Waals surface area contributed by atoms with E-state index in [4.69, 9.17) is 23.2 Å². The van der Waals surface area contributed by atoms with Gasteiger partial charge >= 0.3 is 5.51 Å². The van der Waals surface area contributed by atoms with Crippen LogP contribution in [0.4, 0.5) is 18.9 Å². The van der Waals surface area contributed by atoms with Crippen molar-refractivity contribution in [3.63, 3.8) is 0 Å². The van der Waals surface area contributed by atoms with E-state index < -0.39 is 17.3 Å². The highest BCUT2D eigenvalue weighted by atomic mass is 35.5. The number of thioether (sulfide) groups is 1. The number of likely N-dealkylation sites (N-methyl/N-ethyl adjacent to an activating group) is 1. The molecule has 2 rings (SSSR count). The van der Waals surface area contributed by atoms with Gasteiger partial charge in [0, 0.05) is 17.0 Å². The first-order valence-electron chi connectivity index (χ1n) is 7.99. The van der Waals surface area contributed by atoms with E-state index in [-0.39, 0.29) is 51.0 Å². The van der Waals surface area contributed by atoms with Crippen molar-refractivity contribution in [2.75, 3.05) is 18.4 Å². The number of nitrogens with one attached hydrogen (secondary N) is 1. The van der Waals surface area contributed by atoms with Crippen LogP contribution in [-0.2, 0) is 4.79 Å². The molecule has 0 fully saturated rings. The van der Waals surface area contributed by atoms with E-state index in [1.54, 1.807) is 25.1 Å². The van der Waals surface area contributed by atoms with Crippen LogP contribution in [0, 0.1) is 0 Å². The molecule has 0 heterocycles. The van der Waals surface area contributed by atoms with Crippen LogP contribution in [0.2, 0.25) is 10.0 Å². The normalized spacial score (nSPS) is 11.2. The highest BCUT2D eigenvalue weighted by molar-refractivity contribution is 8.00. The topological polar surface area (TPSA) is 49.4 Å². The first kappa shape index (κ1) is 22.4. The van der Waals surface area contributed by atoms with Crippen molar-refractivity contribution >= 4 is 52.5 Å². The van der Waals surface area contributed by atoms with Crippen LogP contribution in [0.15, 0.2) is 47.4 Å². The highest BCUT2D eigenvalue weighted by Crippen LogP contribution is 2.36. The van der Waals surface area contributed by atoms with Gasteiger partial charge in [-0.15, -0.1) is 0 Å². The fourth-order valence-electron chi connectivity index (χ4n) is 2.28. The smallest absolute Gasteiger partial charge is 0.330 e. The van der Waals surface area contributed by atoms with E-state index in [0.717, 1.165) is 0 Å². The lowest BCUT2D eigenvalue weighted by atomic mass is 10.2. The van der Waals surface area contributed by atoms with Crippen molar-refractivity contribution in [3.05, 3.63) is 58.1 Å². The van der Waals surface area contributed by atoms with E-state index in [1.807, 2.05) is 0 Å². The van der Waals surface area contributed by atoms with Crippen LogP contribution in [-0.4, -0.2) is 35.3 Å². The molecule has 0 saturated heterocycles. The molecule has 1 N–H and O–H groups in total. The minimum Gasteiger partial charge on any atom is -0.330 e. The second-order valence-corrected chi connectivity index (χ2v) is 7.49. The number of benzene rings is 2. The largest absolute Gasteiger partial charge is 0.446 e. The second kappa shape index (κ2) is 9.54. The Morgan fingerprint density at radius 1 is 1.07 bits per heavy atom. The molecule has 2 amide bonds. The summed E-state index contributed by atoms with van der Waals surface area (Å²) in [6.07, 6.45) is 0. The maximum atomic E-state index is 12.6. The minimum atomic E-state index is -4.40. The lowest BCUT2D eigenvalue weighted by molar-refractivity contribution is -0.116. The molecule has 0 unspecified atom stereocenters. The Kier molecular flexibility index (Phi) is 7.63. The minimum absolute atomic E-state index is 0.0294. The lowest BCUT2D eigenvalue weighted by Gasteiger charge is -2.21. The standard InChI is InChI=1S/C18H15Cl2F3N2O2S/c1-2-25(10-15(26)24-16-13(19)4-3-5-14(16)20)17(27)11-6-8-12(9-7-11)28-18(21,22)23/h3-9H,2,10H2,1H3,(H,24,26). The summed E-state index contributed by atoms with van der Waals surface area (Å²) in [4.78, 5) is 26.1. The summed E-state index contributed by atoms with van der Waals surface area (Å²) >= 11 is 11.7. The second-order valence-electron chi connectivity index (χ2n) is 5.54. The van der Waals surface area contributed by atoms with Gasteiger partial charge in [-0.3, -0.25) is 9.59 Å². The zero-order valence-electron chi connectivity index (χ0n) is 14.5. The van der Waals surface area contributed by atoms with Crippen molar-refractivity contribution < 1.29 is 22.8 Å². The van der Waals surface area contributed by atoms with Crippen molar-refractivity contribution in [1.82, 2.24) is 4.90 Å². The third-order valence-electron chi connectivity index (χ3n) is 3.57. The summed E-state index contributed by atoms with van der Waals surface area (Å²) in [5, 5.41) is 3.07. The molecule has 0 bridgehead atoms. The van der Waals surface area contributed by atoms with E-state index in [2.05, 4.69) is 5.32 Å². The summed E-state index contributed by atoms with van der Waals surface area (Å²) in [6, 6.07) is 9.76. The number of alkyl halides is 3. The van der Waals surface area contributed by atoms with Gasteiger partial charge in [-0.2, -0.15) is 13.2 Å². The maximum absolute atomic E-state index is 12.6. The maximum Gasteiger partial charge on any atom is 0.446 e. The molecule has 10 heteroatoms. The molecule has 0 spiro atoms. The predicted molar refractivity (Wildman–Crippen MR) is 105 cm³/mol. The number of amides is 2. The Morgan fingerprint density at radius 2 is 1.64 bits per heavy atom. The Balaban J connectivity index is 2.06. The van der Waals surface area contributed by atoms with Crippen molar-refractivity contribution in [2.24, 2.45) is 0 Å². The van der Waals surface area contributed by atoms with Crippen molar-refractivity contribution in [1.29, 1.82) is 0 Å². The molecule has 0 radical (unpaired) electrons. The number of nitrogens with zero attached hydrogens (tertiary/aromatic N) is 1. The monoisotopic (exact) mass is 450 g/mol. The number of carbonyl (C=O) groups is 2. The molecule has 2 aromatic rings. The summed E-state index contributed by atoms with van der Waals surface area (Å²) in [7, 11) is 0. The Bertz CT molecular complexity index is 841. The van der Waals surface area contributed by atoms with E-state index in [0.29, 0.717) is 0 Å². The SMILES string of the molecule is CCN(CC(=O)Nc1c(Cl)cccc1Cl)C(=O)c1ccc(SC(F)(F)F)cc1. The van der Waals surface area contributed by atoms with E-state index in [1.165, 1.54) is 29.2 Å². The van der Waals surface area contributed by atoms with Crippen molar-refractivity contribution in [3.8, 4) is 0 Å². The first-order valence-corrected chi connectivity index (χ1v) is 9.57. The van der Waals surface area contributed by atoms with Gasteiger partial charge in [0.2, 0.25) is 5.91 Å². The summed E-state index contributed by atoms with van der Waals surface area (Å²) in [5.74, 6) is -0.985. The summed E-state index contributed by atoms with van der Waals surface area (Å²) in [6.45, 7) is 1.64. The van der Waals surface area contributed by atoms with Crippen LogP contribution < -0.4 is 5.32 Å². The van der Waals surface area contributed by atoms with Gasteiger partial charge in [0.25, 0.3) is 5.91 Å². The van der Waals surface area contributed by atoms with Crippen LogP contribution in [0.5, 0.6) is 0 Å². The van der Waals surface area contributed by atoms with Gasteiger partial charge in [0.05, 0.1) is 15.7 Å². The average molecular weight is 451 g/mol. The third-order valence-corrected chi connectivity index (χ3v) is 4.93.